The largest absolute Gasteiger partial charge is 0.449 e. The molecule has 3 aromatic carbocycles. The molecule has 0 radical (unpaired) electrons. The van der Waals surface area contributed by atoms with Gasteiger partial charge in [0.1, 0.15) is 5.60 Å². The van der Waals surface area contributed by atoms with Crippen LogP contribution in [0.5, 0.6) is 0 Å². The Kier molecular flexibility index (Phi) is 11.2. The Bertz CT molecular complexity index is 1400. The molecule has 6 N–H and O–H groups in total. The summed E-state index contributed by atoms with van der Waals surface area (Å²) in [5.41, 5.74) is 16.5. The first kappa shape index (κ1) is 33.9. The van der Waals surface area contributed by atoms with Gasteiger partial charge in [-0.15, -0.1) is 0 Å². The molecule has 9 nitrogen and oxygen atoms in total. The molecule has 2 heterocycles. The van der Waals surface area contributed by atoms with Crippen LogP contribution in [0.1, 0.15) is 68.2 Å². The summed E-state index contributed by atoms with van der Waals surface area (Å²) in [5, 5.41) is 16.2. The first-order valence-electron chi connectivity index (χ1n) is 15.3. The summed E-state index contributed by atoms with van der Waals surface area (Å²) in [7, 11) is 0. The SMILES string of the molecule is CC(C)(O)O.CCOC(=O)n1cc([C@H]2O[C@H](COC(c3ccccc3)(c3ccccc3)c3ccccc3)CC2C)c(N)c1CN. The lowest BCUT2D eigenvalue weighted by atomic mass is 9.80. The lowest BCUT2D eigenvalue weighted by Gasteiger charge is -2.36. The van der Waals surface area contributed by atoms with E-state index in [2.05, 4.69) is 43.3 Å². The third-order valence-electron chi connectivity index (χ3n) is 7.66. The van der Waals surface area contributed by atoms with Crippen LogP contribution in [0.2, 0.25) is 0 Å². The van der Waals surface area contributed by atoms with Crippen molar-refractivity contribution in [2.45, 2.75) is 64.3 Å². The lowest BCUT2D eigenvalue weighted by molar-refractivity contribution is -0.127. The molecule has 45 heavy (non-hydrogen) atoms. The topological polar surface area (TPSA) is 142 Å². The van der Waals surface area contributed by atoms with E-state index in [4.69, 9.17) is 35.9 Å². The number of anilines is 1. The number of carbonyl (C=O) groups excluding carboxylic acids is 1. The number of aliphatic hydroxyl groups is 2. The van der Waals surface area contributed by atoms with E-state index in [9.17, 15) is 4.79 Å². The molecule has 0 spiro atoms. The van der Waals surface area contributed by atoms with Gasteiger partial charge in [-0.1, -0.05) is 97.9 Å². The van der Waals surface area contributed by atoms with E-state index in [1.165, 1.54) is 18.4 Å². The third kappa shape index (κ3) is 8.00. The molecular weight excluding hydrogens is 570 g/mol. The number of aromatic nitrogens is 1. The minimum absolute atomic E-state index is 0.117. The van der Waals surface area contributed by atoms with Gasteiger partial charge >= 0.3 is 6.09 Å². The highest BCUT2D eigenvalue weighted by Crippen LogP contribution is 2.44. The molecule has 0 saturated carbocycles. The zero-order chi connectivity index (χ0) is 32.6. The van der Waals surface area contributed by atoms with Gasteiger partial charge in [-0.3, -0.25) is 4.57 Å². The van der Waals surface area contributed by atoms with Gasteiger partial charge in [0.25, 0.3) is 0 Å². The number of nitrogen functional groups attached to an aromatic ring is 1. The van der Waals surface area contributed by atoms with Crippen molar-refractivity contribution in [2.24, 2.45) is 11.7 Å². The van der Waals surface area contributed by atoms with E-state index >= 15 is 0 Å². The van der Waals surface area contributed by atoms with Crippen molar-refractivity contribution in [1.82, 2.24) is 4.57 Å². The normalized spacial score (nSPS) is 18.2. The van der Waals surface area contributed by atoms with Crippen LogP contribution in [0.4, 0.5) is 10.5 Å². The molecule has 4 aromatic rings. The van der Waals surface area contributed by atoms with Gasteiger partial charge in [0.15, 0.2) is 5.79 Å². The summed E-state index contributed by atoms with van der Waals surface area (Å²) >= 11 is 0. The number of nitrogens with two attached hydrogens (primary N) is 2. The zero-order valence-corrected chi connectivity index (χ0v) is 26.4. The van der Waals surface area contributed by atoms with E-state index in [-0.39, 0.29) is 31.3 Å². The Morgan fingerprint density at radius 1 is 0.933 bits per heavy atom. The van der Waals surface area contributed by atoms with E-state index in [1.807, 2.05) is 54.6 Å². The quantitative estimate of drug-likeness (QED) is 0.138. The summed E-state index contributed by atoms with van der Waals surface area (Å²) in [5.74, 6) is -1.35. The first-order valence-corrected chi connectivity index (χ1v) is 15.3. The predicted molar refractivity (Wildman–Crippen MR) is 174 cm³/mol. The van der Waals surface area contributed by atoms with Crippen LogP contribution < -0.4 is 11.5 Å². The van der Waals surface area contributed by atoms with Gasteiger partial charge in [0.2, 0.25) is 0 Å². The number of ether oxygens (including phenoxy) is 3. The predicted octanol–water partition coefficient (Wildman–Crippen LogP) is 5.72. The lowest BCUT2D eigenvalue weighted by Crippen LogP contribution is -2.35. The van der Waals surface area contributed by atoms with Gasteiger partial charge in [-0.2, -0.15) is 0 Å². The number of rotatable bonds is 9. The number of nitrogens with zero attached hydrogens (tertiary/aromatic N) is 1. The van der Waals surface area contributed by atoms with E-state index < -0.39 is 17.5 Å². The third-order valence-corrected chi connectivity index (χ3v) is 7.66. The van der Waals surface area contributed by atoms with Crippen LogP contribution in [0.25, 0.3) is 0 Å². The highest BCUT2D eigenvalue weighted by atomic mass is 16.6. The number of hydrogen-bond acceptors (Lipinski definition) is 8. The molecule has 1 aliphatic heterocycles. The fourth-order valence-electron chi connectivity index (χ4n) is 5.78. The zero-order valence-electron chi connectivity index (χ0n) is 26.4. The molecule has 0 aliphatic carbocycles. The summed E-state index contributed by atoms with van der Waals surface area (Å²) < 4.78 is 20.2. The van der Waals surface area contributed by atoms with Crippen LogP contribution in [0.15, 0.2) is 97.2 Å². The standard InChI is InChI=1S/C33H37N3O4.C3H8O2/c1-3-38-32(37)36-21-28(30(35)29(36)20-34)31-23(2)19-27(40-31)22-39-33(24-13-7-4-8-14-24,25-15-9-5-10-16-25)26-17-11-6-12-18-26;1-3(2,4)5/h4-18,21,23,27,31H,3,19-20,22,34-35H2,1-2H3;4-5H,1-2H3/t23?,27-,31-;/m0./s1. The molecule has 1 unspecified atom stereocenters. The maximum Gasteiger partial charge on any atom is 0.418 e. The van der Waals surface area contributed by atoms with Crippen molar-refractivity contribution >= 4 is 11.8 Å². The molecule has 5 rings (SSSR count). The fourth-order valence-corrected chi connectivity index (χ4v) is 5.78. The van der Waals surface area contributed by atoms with Gasteiger partial charge in [-0.25, -0.2) is 4.79 Å². The highest BCUT2D eigenvalue weighted by molar-refractivity contribution is 5.75. The molecular formula is C36H45N3O6. The molecule has 240 valence electrons. The first-order chi connectivity index (χ1) is 21.5. The van der Waals surface area contributed by atoms with Crippen LogP contribution in [-0.4, -0.2) is 46.0 Å². The summed E-state index contributed by atoms with van der Waals surface area (Å²) in [6.07, 6.45) is 1.52. The van der Waals surface area contributed by atoms with Crippen molar-refractivity contribution in [3.8, 4) is 0 Å². The molecule has 1 fully saturated rings. The Morgan fingerprint density at radius 3 is 1.82 bits per heavy atom. The van der Waals surface area contributed by atoms with E-state index in [1.54, 1.807) is 13.1 Å². The van der Waals surface area contributed by atoms with E-state index in [0.29, 0.717) is 18.0 Å². The maximum atomic E-state index is 12.5. The van der Waals surface area contributed by atoms with Crippen molar-refractivity contribution in [1.29, 1.82) is 0 Å². The van der Waals surface area contributed by atoms with Crippen LogP contribution >= 0.6 is 0 Å². The summed E-state index contributed by atoms with van der Waals surface area (Å²) in [6.45, 7) is 7.24. The molecule has 9 heteroatoms. The average Bonchev–Trinajstić information content (AvgIpc) is 3.56. The molecule has 1 saturated heterocycles. The molecule has 1 aliphatic rings. The molecule has 1 aromatic heterocycles. The number of benzene rings is 3. The van der Waals surface area contributed by atoms with Gasteiger partial charge < -0.3 is 35.9 Å². The fraction of sp³-hybridized carbons (Fsp3) is 0.361. The van der Waals surface area contributed by atoms with Crippen LogP contribution in [-0.2, 0) is 26.4 Å². The van der Waals surface area contributed by atoms with Crippen molar-refractivity contribution in [3.63, 3.8) is 0 Å². The Labute approximate surface area is 265 Å². The second-order valence-electron chi connectivity index (χ2n) is 11.7. The molecule has 0 bridgehead atoms. The summed E-state index contributed by atoms with van der Waals surface area (Å²) in [4.78, 5) is 12.5. The maximum absolute atomic E-state index is 12.5. The smallest absolute Gasteiger partial charge is 0.418 e. The van der Waals surface area contributed by atoms with Crippen LogP contribution in [0.3, 0.4) is 0 Å². The monoisotopic (exact) mass is 615 g/mol. The Hall–Kier alpha value is -3.99. The van der Waals surface area contributed by atoms with Gasteiger partial charge in [0.05, 0.1) is 36.8 Å². The molecule has 3 atom stereocenters. The minimum atomic E-state index is -1.50. The Balaban J connectivity index is 0.000000854. The van der Waals surface area contributed by atoms with Crippen LogP contribution in [0, 0.1) is 5.92 Å². The number of hydrogen-bond donors (Lipinski definition) is 4. The number of carbonyl (C=O) groups is 1. The van der Waals surface area contributed by atoms with E-state index in [0.717, 1.165) is 28.7 Å². The van der Waals surface area contributed by atoms with Crippen molar-refractivity contribution in [3.05, 3.63) is 125 Å². The molecule has 0 amide bonds. The van der Waals surface area contributed by atoms with Crippen molar-refractivity contribution in [2.75, 3.05) is 18.9 Å². The summed E-state index contributed by atoms with van der Waals surface area (Å²) in [6, 6.07) is 30.9. The van der Waals surface area contributed by atoms with Gasteiger partial charge in [-0.05, 0) is 49.8 Å². The minimum Gasteiger partial charge on any atom is -0.449 e. The second kappa shape index (κ2) is 14.9. The van der Waals surface area contributed by atoms with Crippen molar-refractivity contribution < 1.29 is 29.2 Å². The highest BCUT2D eigenvalue weighted by Gasteiger charge is 2.41. The average molecular weight is 616 g/mol. The second-order valence-corrected chi connectivity index (χ2v) is 11.7. The Morgan fingerprint density at radius 2 is 1.40 bits per heavy atom. The van der Waals surface area contributed by atoms with Gasteiger partial charge in [0, 0.05) is 18.3 Å².